The molecular formula is C16H27N5. The zero-order valence-electron chi connectivity index (χ0n) is 13.2. The molecule has 0 aromatic carbocycles. The van der Waals surface area contributed by atoms with E-state index in [1.54, 1.807) is 0 Å². The molecule has 5 heteroatoms. The number of nitrogens with one attached hydrogen (secondary N) is 2. The highest BCUT2D eigenvalue weighted by Crippen LogP contribution is 2.39. The van der Waals surface area contributed by atoms with E-state index in [9.17, 15) is 0 Å². The molecule has 1 aliphatic heterocycles. The maximum atomic E-state index is 4.74. The summed E-state index contributed by atoms with van der Waals surface area (Å²) in [6.07, 6.45) is 5.98. The fourth-order valence-electron chi connectivity index (χ4n) is 2.77. The number of piperidine rings is 1. The number of rotatable bonds is 6. The van der Waals surface area contributed by atoms with Gasteiger partial charge in [-0.2, -0.15) is 0 Å². The van der Waals surface area contributed by atoms with E-state index in [-0.39, 0.29) is 0 Å². The molecule has 21 heavy (non-hydrogen) atoms. The van der Waals surface area contributed by atoms with Gasteiger partial charge in [0.05, 0.1) is 0 Å². The highest BCUT2D eigenvalue weighted by molar-refractivity contribution is 5.48. The number of likely N-dealkylation sites (tertiary alicyclic amines) is 1. The van der Waals surface area contributed by atoms with Gasteiger partial charge in [-0.3, -0.25) is 0 Å². The second kappa shape index (κ2) is 6.60. The van der Waals surface area contributed by atoms with Crippen molar-refractivity contribution in [1.82, 2.24) is 14.9 Å². The average molecular weight is 289 g/mol. The molecule has 0 spiro atoms. The second-order valence-electron chi connectivity index (χ2n) is 6.42. The van der Waals surface area contributed by atoms with Crippen molar-refractivity contribution in [3.8, 4) is 0 Å². The smallest absolute Gasteiger partial charge is 0.136 e. The van der Waals surface area contributed by atoms with Gasteiger partial charge in [0.2, 0.25) is 0 Å². The lowest BCUT2D eigenvalue weighted by atomic mass is 10.1. The van der Waals surface area contributed by atoms with Crippen LogP contribution in [-0.2, 0) is 0 Å². The Morgan fingerprint density at radius 3 is 2.52 bits per heavy atom. The minimum atomic E-state index is 0.544. The molecule has 1 aromatic heterocycles. The van der Waals surface area contributed by atoms with Crippen LogP contribution in [0.5, 0.6) is 0 Å². The van der Waals surface area contributed by atoms with Gasteiger partial charge in [-0.05, 0) is 52.2 Å². The molecule has 0 atom stereocenters. The Balaban J connectivity index is 1.69. The van der Waals surface area contributed by atoms with Crippen molar-refractivity contribution in [2.45, 2.75) is 51.0 Å². The molecule has 0 radical (unpaired) electrons. The lowest BCUT2D eigenvalue weighted by Gasteiger charge is -2.29. The molecule has 1 aromatic rings. The Morgan fingerprint density at radius 1 is 1.14 bits per heavy atom. The van der Waals surface area contributed by atoms with E-state index in [1.807, 2.05) is 0 Å². The van der Waals surface area contributed by atoms with E-state index in [0.29, 0.717) is 12.0 Å². The standard InChI is InChI=1S/C16H27N5/c1-3-8-17-14-11-15(20-16(19-14)12-4-5-12)18-13-6-9-21(2)10-7-13/h11-13H,3-10H2,1-2H3,(H2,17,18,19,20). The summed E-state index contributed by atoms with van der Waals surface area (Å²) in [5.74, 6) is 3.59. The van der Waals surface area contributed by atoms with Gasteiger partial charge in [-0.1, -0.05) is 6.92 Å². The number of anilines is 2. The van der Waals surface area contributed by atoms with E-state index in [4.69, 9.17) is 4.98 Å². The van der Waals surface area contributed by atoms with Crippen molar-refractivity contribution in [2.24, 2.45) is 0 Å². The van der Waals surface area contributed by atoms with Crippen molar-refractivity contribution in [3.63, 3.8) is 0 Å². The van der Waals surface area contributed by atoms with Crippen molar-refractivity contribution >= 4 is 11.6 Å². The van der Waals surface area contributed by atoms with E-state index in [2.05, 4.69) is 40.6 Å². The first-order chi connectivity index (χ1) is 10.2. The highest BCUT2D eigenvalue weighted by atomic mass is 15.1. The summed E-state index contributed by atoms with van der Waals surface area (Å²) in [6.45, 7) is 5.47. The van der Waals surface area contributed by atoms with E-state index in [1.165, 1.54) is 38.8 Å². The third kappa shape index (κ3) is 4.06. The first-order valence-corrected chi connectivity index (χ1v) is 8.32. The third-order valence-corrected chi connectivity index (χ3v) is 4.31. The van der Waals surface area contributed by atoms with E-state index < -0.39 is 0 Å². The minimum absolute atomic E-state index is 0.544. The Bertz CT molecular complexity index is 464. The van der Waals surface area contributed by atoms with Gasteiger partial charge in [0.1, 0.15) is 17.5 Å². The summed E-state index contributed by atoms with van der Waals surface area (Å²) in [6, 6.07) is 2.61. The highest BCUT2D eigenvalue weighted by Gasteiger charge is 2.27. The van der Waals surface area contributed by atoms with Crippen LogP contribution < -0.4 is 10.6 Å². The van der Waals surface area contributed by atoms with E-state index in [0.717, 1.165) is 30.4 Å². The van der Waals surface area contributed by atoms with Crippen molar-refractivity contribution in [1.29, 1.82) is 0 Å². The number of hydrogen-bond donors (Lipinski definition) is 2. The van der Waals surface area contributed by atoms with Gasteiger partial charge in [0.25, 0.3) is 0 Å². The number of hydrogen-bond acceptors (Lipinski definition) is 5. The molecule has 116 valence electrons. The minimum Gasteiger partial charge on any atom is -0.370 e. The molecule has 1 saturated heterocycles. The van der Waals surface area contributed by atoms with Crippen LogP contribution in [0.15, 0.2) is 6.07 Å². The van der Waals surface area contributed by atoms with Crippen LogP contribution in [0.1, 0.15) is 50.8 Å². The molecule has 2 N–H and O–H groups in total. The molecule has 0 bridgehead atoms. The van der Waals surface area contributed by atoms with Gasteiger partial charge in [-0.25, -0.2) is 9.97 Å². The van der Waals surface area contributed by atoms with Gasteiger partial charge in [0.15, 0.2) is 0 Å². The van der Waals surface area contributed by atoms with E-state index >= 15 is 0 Å². The Labute approximate surface area is 127 Å². The first kappa shape index (κ1) is 14.6. The average Bonchev–Trinajstić information content (AvgIpc) is 3.32. The molecule has 3 rings (SSSR count). The maximum absolute atomic E-state index is 4.74. The number of aromatic nitrogens is 2. The fourth-order valence-corrected chi connectivity index (χ4v) is 2.77. The van der Waals surface area contributed by atoms with Crippen LogP contribution in [0.25, 0.3) is 0 Å². The predicted octanol–water partition coefficient (Wildman–Crippen LogP) is 2.68. The van der Waals surface area contributed by atoms with Crippen LogP contribution in [0.2, 0.25) is 0 Å². The molecule has 2 fully saturated rings. The van der Waals surface area contributed by atoms with Crippen molar-refractivity contribution in [2.75, 3.05) is 37.3 Å². The molecule has 1 saturated carbocycles. The van der Waals surface area contributed by atoms with Crippen LogP contribution in [0.4, 0.5) is 11.6 Å². The quantitative estimate of drug-likeness (QED) is 0.843. The normalized spacial score (nSPS) is 20.5. The molecule has 5 nitrogen and oxygen atoms in total. The van der Waals surface area contributed by atoms with Gasteiger partial charge in [-0.15, -0.1) is 0 Å². The summed E-state index contributed by atoms with van der Waals surface area (Å²) in [4.78, 5) is 11.8. The Kier molecular flexibility index (Phi) is 4.58. The largest absolute Gasteiger partial charge is 0.370 e. The Hall–Kier alpha value is -1.36. The SMILES string of the molecule is CCCNc1cc(NC2CCN(C)CC2)nc(C2CC2)n1. The molecule has 0 unspecified atom stereocenters. The zero-order chi connectivity index (χ0) is 14.7. The number of nitrogens with zero attached hydrogens (tertiary/aromatic N) is 3. The second-order valence-corrected chi connectivity index (χ2v) is 6.42. The molecule has 2 heterocycles. The summed E-state index contributed by atoms with van der Waals surface area (Å²) in [5, 5.41) is 7.03. The molecule has 2 aliphatic rings. The molecular weight excluding hydrogens is 262 g/mol. The topological polar surface area (TPSA) is 53.1 Å². The summed E-state index contributed by atoms with van der Waals surface area (Å²) < 4.78 is 0. The molecule has 0 amide bonds. The zero-order valence-corrected chi connectivity index (χ0v) is 13.2. The van der Waals surface area contributed by atoms with Crippen LogP contribution >= 0.6 is 0 Å². The first-order valence-electron chi connectivity index (χ1n) is 8.32. The van der Waals surface area contributed by atoms with Crippen molar-refractivity contribution < 1.29 is 0 Å². The monoisotopic (exact) mass is 289 g/mol. The molecule has 1 aliphatic carbocycles. The van der Waals surface area contributed by atoms with Crippen molar-refractivity contribution in [3.05, 3.63) is 11.9 Å². The van der Waals surface area contributed by atoms with Gasteiger partial charge in [0, 0.05) is 24.6 Å². The summed E-state index contributed by atoms with van der Waals surface area (Å²) in [5.41, 5.74) is 0. The lowest BCUT2D eigenvalue weighted by Crippen LogP contribution is -2.37. The maximum Gasteiger partial charge on any atom is 0.136 e. The fraction of sp³-hybridized carbons (Fsp3) is 0.750. The van der Waals surface area contributed by atoms with Gasteiger partial charge < -0.3 is 15.5 Å². The summed E-state index contributed by atoms with van der Waals surface area (Å²) in [7, 11) is 2.19. The van der Waals surface area contributed by atoms with Gasteiger partial charge >= 0.3 is 0 Å². The van der Waals surface area contributed by atoms with Crippen LogP contribution in [-0.4, -0.2) is 47.6 Å². The Morgan fingerprint density at radius 2 is 1.86 bits per heavy atom. The predicted molar refractivity (Wildman–Crippen MR) is 86.9 cm³/mol. The van der Waals surface area contributed by atoms with Crippen LogP contribution in [0, 0.1) is 0 Å². The van der Waals surface area contributed by atoms with Crippen LogP contribution in [0.3, 0.4) is 0 Å². The third-order valence-electron chi connectivity index (χ3n) is 4.31. The lowest BCUT2D eigenvalue weighted by molar-refractivity contribution is 0.263. The summed E-state index contributed by atoms with van der Waals surface area (Å²) >= 11 is 0.